The molecule has 0 fully saturated rings. The Labute approximate surface area is 137 Å². The molecule has 4 rings (SSSR count). The third-order valence-electron chi connectivity index (χ3n) is 3.78. The molecule has 0 aliphatic rings. The van der Waals surface area contributed by atoms with Crippen LogP contribution in [0.1, 0.15) is 17.2 Å². The van der Waals surface area contributed by atoms with E-state index in [0.29, 0.717) is 18.1 Å². The van der Waals surface area contributed by atoms with Crippen LogP contribution in [0.5, 0.6) is 5.75 Å². The molecule has 7 heteroatoms. The fourth-order valence-corrected chi connectivity index (χ4v) is 2.54. The van der Waals surface area contributed by atoms with Gasteiger partial charge in [0.2, 0.25) is 0 Å². The molecular formula is C17H15N5O2. The number of aryl methyl sites for hydroxylation is 1. The SMILES string of the molecule is COc1cccc(Cc2noc(-c3ccc4nnc(C)n4c3)n2)c1. The summed E-state index contributed by atoms with van der Waals surface area (Å²) < 4.78 is 12.5. The first-order valence-electron chi connectivity index (χ1n) is 7.50. The van der Waals surface area contributed by atoms with Gasteiger partial charge in [0.15, 0.2) is 11.5 Å². The molecule has 1 aromatic carbocycles. The Morgan fingerprint density at radius 2 is 2.08 bits per heavy atom. The fraction of sp³-hybridized carbons (Fsp3) is 0.176. The van der Waals surface area contributed by atoms with Gasteiger partial charge in [-0.1, -0.05) is 17.3 Å². The molecule has 0 spiro atoms. The van der Waals surface area contributed by atoms with E-state index in [1.165, 1.54) is 0 Å². The molecule has 0 aliphatic carbocycles. The second kappa shape index (κ2) is 5.77. The maximum absolute atomic E-state index is 5.40. The Bertz CT molecular complexity index is 1010. The summed E-state index contributed by atoms with van der Waals surface area (Å²) >= 11 is 0. The van der Waals surface area contributed by atoms with E-state index in [1.807, 2.05) is 53.9 Å². The Morgan fingerprint density at radius 3 is 2.96 bits per heavy atom. The van der Waals surface area contributed by atoms with Gasteiger partial charge in [-0.15, -0.1) is 10.2 Å². The van der Waals surface area contributed by atoms with E-state index in [4.69, 9.17) is 9.26 Å². The van der Waals surface area contributed by atoms with Gasteiger partial charge in [-0.25, -0.2) is 0 Å². The van der Waals surface area contributed by atoms with Crippen molar-refractivity contribution >= 4 is 5.65 Å². The van der Waals surface area contributed by atoms with Gasteiger partial charge >= 0.3 is 0 Å². The highest BCUT2D eigenvalue weighted by molar-refractivity contribution is 5.55. The highest BCUT2D eigenvalue weighted by Gasteiger charge is 2.11. The largest absolute Gasteiger partial charge is 0.497 e. The van der Waals surface area contributed by atoms with Crippen molar-refractivity contribution in [3.63, 3.8) is 0 Å². The third-order valence-corrected chi connectivity index (χ3v) is 3.78. The Kier molecular flexibility index (Phi) is 3.45. The van der Waals surface area contributed by atoms with Crippen LogP contribution in [0.2, 0.25) is 0 Å². The topological polar surface area (TPSA) is 78.3 Å². The predicted molar refractivity (Wildman–Crippen MR) is 86.8 cm³/mol. The molecule has 0 saturated carbocycles. The van der Waals surface area contributed by atoms with Gasteiger partial charge in [-0.3, -0.25) is 4.40 Å². The second-order valence-corrected chi connectivity index (χ2v) is 5.44. The normalized spacial score (nSPS) is 11.1. The number of benzene rings is 1. The molecule has 24 heavy (non-hydrogen) atoms. The molecule has 0 amide bonds. The van der Waals surface area contributed by atoms with Gasteiger partial charge in [0.1, 0.15) is 11.6 Å². The van der Waals surface area contributed by atoms with Crippen molar-refractivity contribution in [2.24, 2.45) is 0 Å². The smallest absolute Gasteiger partial charge is 0.259 e. The summed E-state index contributed by atoms with van der Waals surface area (Å²) in [5.74, 6) is 2.72. The van der Waals surface area contributed by atoms with Crippen molar-refractivity contribution < 1.29 is 9.26 Å². The average molecular weight is 321 g/mol. The van der Waals surface area contributed by atoms with Crippen LogP contribution in [-0.4, -0.2) is 31.8 Å². The van der Waals surface area contributed by atoms with Crippen LogP contribution in [0.25, 0.3) is 17.1 Å². The lowest BCUT2D eigenvalue weighted by Gasteiger charge is -2.01. The molecule has 120 valence electrons. The van der Waals surface area contributed by atoms with E-state index in [0.717, 1.165) is 28.3 Å². The predicted octanol–water partition coefficient (Wildman–Crippen LogP) is 2.69. The molecule has 0 radical (unpaired) electrons. The highest BCUT2D eigenvalue weighted by atomic mass is 16.5. The molecule has 0 atom stereocenters. The Hall–Kier alpha value is -3.22. The van der Waals surface area contributed by atoms with Gasteiger partial charge in [-0.2, -0.15) is 4.98 Å². The van der Waals surface area contributed by atoms with E-state index in [-0.39, 0.29) is 0 Å². The second-order valence-electron chi connectivity index (χ2n) is 5.44. The average Bonchev–Trinajstić information content (AvgIpc) is 3.22. The molecule has 0 aliphatic heterocycles. The number of fused-ring (bicyclic) bond motifs is 1. The quantitative estimate of drug-likeness (QED) is 0.575. The number of pyridine rings is 1. The highest BCUT2D eigenvalue weighted by Crippen LogP contribution is 2.20. The molecule has 0 bridgehead atoms. The lowest BCUT2D eigenvalue weighted by atomic mass is 10.1. The van der Waals surface area contributed by atoms with E-state index in [1.54, 1.807) is 7.11 Å². The molecule has 0 unspecified atom stereocenters. The molecule has 4 aromatic rings. The zero-order valence-electron chi connectivity index (χ0n) is 13.3. The summed E-state index contributed by atoms with van der Waals surface area (Å²) in [5.41, 5.74) is 2.67. The van der Waals surface area contributed by atoms with E-state index in [2.05, 4.69) is 20.3 Å². The summed E-state index contributed by atoms with van der Waals surface area (Å²) in [7, 11) is 1.65. The third kappa shape index (κ3) is 2.60. The zero-order valence-corrected chi connectivity index (χ0v) is 13.3. The van der Waals surface area contributed by atoms with Crippen molar-refractivity contribution in [1.82, 2.24) is 24.7 Å². The minimum Gasteiger partial charge on any atom is -0.497 e. The van der Waals surface area contributed by atoms with Crippen LogP contribution in [0, 0.1) is 6.92 Å². The molecule has 7 nitrogen and oxygen atoms in total. The van der Waals surface area contributed by atoms with Crippen molar-refractivity contribution in [2.45, 2.75) is 13.3 Å². The van der Waals surface area contributed by atoms with E-state index < -0.39 is 0 Å². The van der Waals surface area contributed by atoms with E-state index >= 15 is 0 Å². The number of hydrogen-bond donors (Lipinski definition) is 0. The van der Waals surface area contributed by atoms with E-state index in [9.17, 15) is 0 Å². The minimum atomic E-state index is 0.475. The van der Waals surface area contributed by atoms with Crippen molar-refractivity contribution in [2.75, 3.05) is 7.11 Å². The van der Waals surface area contributed by atoms with Crippen LogP contribution in [0.3, 0.4) is 0 Å². The Balaban J connectivity index is 1.62. The Morgan fingerprint density at radius 1 is 1.17 bits per heavy atom. The number of nitrogens with zero attached hydrogens (tertiary/aromatic N) is 5. The van der Waals surface area contributed by atoms with Gasteiger partial charge in [0, 0.05) is 12.6 Å². The van der Waals surface area contributed by atoms with Crippen LogP contribution >= 0.6 is 0 Å². The number of ether oxygens (including phenoxy) is 1. The van der Waals surface area contributed by atoms with Crippen LogP contribution in [-0.2, 0) is 6.42 Å². The monoisotopic (exact) mass is 321 g/mol. The summed E-state index contributed by atoms with van der Waals surface area (Å²) in [4.78, 5) is 4.48. The van der Waals surface area contributed by atoms with Gasteiger partial charge in [0.25, 0.3) is 5.89 Å². The van der Waals surface area contributed by atoms with Crippen LogP contribution < -0.4 is 4.74 Å². The first-order chi connectivity index (χ1) is 11.7. The molecule has 0 saturated heterocycles. The first kappa shape index (κ1) is 14.4. The summed E-state index contributed by atoms with van der Waals surface area (Å²) in [6.07, 6.45) is 2.47. The van der Waals surface area contributed by atoms with Gasteiger partial charge < -0.3 is 9.26 Å². The number of rotatable bonds is 4. The van der Waals surface area contributed by atoms with Crippen molar-refractivity contribution in [3.05, 3.63) is 59.8 Å². The standard InChI is InChI=1S/C17H15N5O2/c1-11-19-20-16-7-6-13(10-22(11)16)17-18-15(21-24-17)9-12-4-3-5-14(8-12)23-2/h3-8,10H,9H2,1-2H3. The fourth-order valence-electron chi connectivity index (χ4n) is 2.54. The maximum Gasteiger partial charge on any atom is 0.259 e. The molecule has 0 N–H and O–H groups in total. The summed E-state index contributed by atoms with van der Waals surface area (Å²) in [6, 6.07) is 11.6. The summed E-state index contributed by atoms with van der Waals surface area (Å²) in [6.45, 7) is 1.89. The van der Waals surface area contributed by atoms with Crippen LogP contribution in [0.4, 0.5) is 0 Å². The van der Waals surface area contributed by atoms with Crippen molar-refractivity contribution in [3.8, 4) is 17.2 Å². The number of aromatic nitrogens is 5. The first-order valence-corrected chi connectivity index (χ1v) is 7.50. The summed E-state index contributed by atoms with van der Waals surface area (Å²) in [5, 5.41) is 12.2. The van der Waals surface area contributed by atoms with Gasteiger partial charge in [-0.05, 0) is 36.8 Å². The maximum atomic E-state index is 5.40. The van der Waals surface area contributed by atoms with Crippen molar-refractivity contribution in [1.29, 1.82) is 0 Å². The molecular weight excluding hydrogens is 306 g/mol. The minimum absolute atomic E-state index is 0.475. The molecule has 3 heterocycles. The van der Waals surface area contributed by atoms with Gasteiger partial charge in [0.05, 0.1) is 12.7 Å². The number of hydrogen-bond acceptors (Lipinski definition) is 6. The lowest BCUT2D eigenvalue weighted by Crippen LogP contribution is -1.92. The number of methoxy groups -OCH3 is 1. The van der Waals surface area contributed by atoms with Crippen LogP contribution in [0.15, 0.2) is 47.1 Å². The zero-order chi connectivity index (χ0) is 16.5. The lowest BCUT2D eigenvalue weighted by molar-refractivity contribution is 0.414. The molecule has 3 aromatic heterocycles.